The van der Waals surface area contributed by atoms with Crippen molar-refractivity contribution in [1.82, 2.24) is 0 Å². The monoisotopic (exact) mass is 258 g/mol. The average Bonchev–Trinajstić information content (AvgIpc) is 2.03. The summed E-state index contributed by atoms with van der Waals surface area (Å²) in [7, 11) is -2.17. The first-order chi connectivity index (χ1) is 7.02. The van der Waals surface area contributed by atoms with E-state index in [2.05, 4.69) is 0 Å². The van der Waals surface area contributed by atoms with Crippen LogP contribution >= 0.6 is 0 Å². The average molecular weight is 258 g/mol. The topological polar surface area (TPSA) is 210 Å². The number of carboxylic acid groups (broad SMARTS) is 4. The van der Waals surface area contributed by atoms with Gasteiger partial charge in [0.2, 0.25) is 0 Å². The third-order valence-electron chi connectivity index (χ3n) is 0.366. The quantitative estimate of drug-likeness (QED) is 0.160. The molecule has 18 heavy (non-hydrogen) atoms. The molecule has 0 aliphatic rings. The number of hydrogen-bond donors (Lipinski definition) is 7. The minimum Gasteiger partial charge on any atom is -1.00 e. The second-order valence-corrected chi connectivity index (χ2v) is 1.57. The van der Waals surface area contributed by atoms with Crippen LogP contribution < -0.4 is 37.7 Å². The zero-order valence-corrected chi connectivity index (χ0v) is 9.34. The normalized spacial score (nSPS) is 6.39. The van der Waals surface area contributed by atoms with Crippen molar-refractivity contribution in [3.8, 4) is 0 Å². The maximum atomic E-state index is 9.10. The smallest absolute Gasteiger partial charge is 1.00 e. The molecule has 0 heterocycles. The molecular formula is C4H9BLi2O11. The Kier molecular flexibility index (Phi) is 30.9. The van der Waals surface area contributed by atoms with Gasteiger partial charge in [-0.05, 0) is 0 Å². The van der Waals surface area contributed by atoms with Gasteiger partial charge in [-0.25, -0.2) is 19.2 Å². The fourth-order valence-electron chi connectivity index (χ4n) is 0. The zero-order chi connectivity index (χ0) is 13.9. The number of carboxylic acids is 4. The molecule has 0 saturated heterocycles. The van der Waals surface area contributed by atoms with Crippen LogP contribution in [0.5, 0.6) is 0 Å². The Morgan fingerprint density at radius 1 is 0.611 bits per heavy atom. The van der Waals surface area contributed by atoms with Crippen molar-refractivity contribution < 1.29 is 95.3 Å². The standard InChI is InChI=1S/2C2H2O4.BH3O3.2Li.2H/c2*3-1(4)2(5)6;2-1(3)4;;;;/h2*(H,3,4)(H,5,6);2-4H;;;;/q;;;2*+1;2*-1. The number of rotatable bonds is 0. The summed E-state index contributed by atoms with van der Waals surface area (Å²) >= 11 is 0. The Balaban J connectivity index is -0.0000000234. The predicted octanol–water partition coefficient (Wildman–Crippen LogP) is -9.51. The van der Waals surface area contributed by atoms with Crippen LogP contribution in [0.1, 0.15) is 2.85 Å². The van der Waals surface area contributed by atoms with Crippen molar-refractivity contribution in [2.75, 3.05) is 0 Å². The van der Waals surface area contributed by atoms with Crippen molar-refractivity contribution in [3.63, 3.8) is 0 Å². The Morgan fingerprint density at radius 2 is 0.667 bits per heavy atom. The fraction of sp³-hybridized carbons (Fsp3) is 0. The molecule has 96 valence electrons. The van der Waals surface area contributed by atoms with Gasteiger partial charge in [0, 0.05) is 0 Å². The molecule has 0 amide bonds. The van der Waals surface area contributed by atoms with Gasteiger partial charge in [0.05, 0.1) is 0 Å². The minimum atomic E-state index is -2.17. The van der Waals surface area contributed by atoms with Gasteiger partial charge >= 0.3 is 68.9 Å². The van der Waals surface area contributed by atoms with Gasteiger partial charge in [0.1, 0.15) is 0 Å². The van der Waals surface area contributed by atoms with Crippen molar-refractivity contribution in [1.29, 1.82) is 0 Å². The molecule has 0 aromatic carbocycles. The molecule has 7 N–H and O–H groups in total. The van der Waals surface area contributed by atoms with Crippen LogP contribution in [-0.2, 0) is 19.2 Å². The van der Waals surface area contributed by atoms with Crippen molar-refractivity contribution in [3.05, 3.63) is 0 Å². The molecule has 0 aromatic rings. The Hall–Kier alpha value is -0.980. The van der Waals surface area contributed by atoms with Gasteiger partial charge in [0.25, 0.3) is 0 Å². The van der Waals surface area contributed by atoms with Gasteiger partial charge in [0.15, 0.2) is 0 Å². The van der Waals surface area contributed by atoms with E-state index in [0.717, 1.165) is 0 Å². The van der Waals surface area contributed by atoms with Crippen molar-refractivity contribution >= 4 is 31.2 Å². The molecule has 0 atom stereocenters. The minimum absolute atomic E-state index is 0. The van der Waals surface area contributed by atoms with E-state index in [-0.39, 0.29) is 40.6 Å². The maximum Gasteiger partial charge on any atom is 1.00 e. The molecule has 0 aliphatic heterocycles. The molecular weight excluding hydrogens is 249 g/mol. The number of aliphatic carboxylic acids is 4. The maximum absolute atomic E-state index is 9.10. The Labute approximate surface area is 127 Å². The molecule has 0 unspecified atom stereocenters. The largest absolute Gasteiger partial charge is 1.00 e. The molecule has 0 rings (SSSR count). The summed E-state index contributed by atoms with van der Waals surface area (Å²) in [5, 5.41) is 51.1. The zero-order valence-electron chi connectivity index (χ0n) is 11.3. The van der Waals surface area contributed by atoms with E-state index in [4.69, 9.17) is 54.7 Å². The molecule has 0 aliphatic carbocycles. The summed E-state index contributed by atoms with van der Waals surface area (Å²) in [5.74, 6) is -7.30. The van der Waals surface area contributed by atoms with Crippen LogP contribution in [0.4, 0.5) is 0 Å². The van der Waals surface area contributed by atoms with Gasteiger partial charge in [-0.1, -0.05) is 0 Å². The number of carbonyl (C=O) groups is 4. The summed E-state index contributed by atoms with van der Waals surface area (Å²) in [6, 6.07) is 0. The fourth-order valence-corrected chi connectivity index (χ4v) is 0. The van der Waals surface area contributed by atoms with Crippen LogP contribution in [0.25, 0.3) is 0 Å². The molecule has 0 aromatic heterocycles. The van der Waals surface area contributed by atoms with Crippen LogP contribution in [0.3, 0.4) is 0 Å². The summed E-state index contributed by atoms with van der Waals surface area (Å²) in [4.78, 5) is 36.4. The van der Waals surface area contributed by atoms with Crippen LogP contribution in [0, 0.1) is 0 Å². The number of hydrogen-bond acceptors (Lipinski definition) is 7. The van der Waals surface area contributed by atoms with Gasteiger partial charge in [-0.3, -0.25) is 0 Å². The second-order valence-electron chi connectivity index (χ2n) is 1.57. The van der Waals surface area contributed by atoms with Gasteiger partial charge in [-0.15, -0.1) is 0 Å². The van der Waals surface area contributed by atoms with E-state index < -0.39 is 31.2 Å². The summed E-state index contributed by atoms with van der Waals surface area (Å²) in [6.45, 7) is 0. The molecule has 0 fully saturated rings. The van der Waals surface area contributed by atoms with E-state index in [1.54, 1.807) is 0 Å². The molecule has 14 heteroatoms. The van der Waals surface area contributed by atoms with Gasteiger partial charge < -0.3 is 38.4 Å². The van der Waals surface area contributed by atoms with Crippen LogP contribution in [-0.4, -0.2) is 66.7 Å². The van der Waals surface area contributed by atoms with Gasteiger partial charge in [-0.2, -0.15) is 0 Å². The SMILES string of the molecule is O=C(O)C(=O)O.O=C(O)C(=O)O.OB(O)O.[H-].[H-].[Li+].[Li+]. The van der Waals surface area contributed by atoms with E-state index in [0.29, 0.717) is 0 Å². The first-order valence-corrected chi connectivity index (χ1v) is 2.99. The summed E-state index contributed by atoms with van der Waals surface area (Å²) in [6.07, 6.45) is 0. The second kappa shape index (κ2) is 18.4. The van der Waals surface area contributed by atoms with E-state index >= 15 is 0 Å². The first-order valence-electron chi connectivity index (χ1n) is 2.99. The van der Waals surface area contributed by atoms with Crippen LogP contribution in [0.2, 0.25) is 0 Å². The molecule has 11 nitrogen and oxygen atoms in total. The molecule has 0 spiro atoms. The third kappa shape index (κ3) is 59.9. The Bertz CT molecular complexity index is 224. The summed E-state index contributed by atoms with van der Waals surface area (Å²) in [5.41, 5.74) is 0. The van der Waals surface area contributed by atoms with E-state index in [1.165, 1.54) is 0 Å². The summed E-state index contributed by atoms with van der Waals surface area (Å²) < 4.78 is 0. The first kappa shape index (κ1) is 30.2. The van der Waals surface area contributed by atoms with Crippen molar-refractivity contribution in [2.45, 2.75) is 0 Å². The molecule has 0 saturated carbocycles. The van der Waals surface area contributed by atoms with E-state index in [9.17, 15) is 0 Å². The van der Waals surface area contributed by atoms with Crippen molar-refractivity contribution in [2.24, 2.45) is 0 Å². The predicted molar refractivity (Wildman–Crippen MR) is 45.2 cm³/mol. The molecule has 0 radical (unpaired) electrons. The third-order valence-corrected chi connectivity index (χ3v) is 0.366. The Morgan fingerprint density at radius 3 is 0.667 bits per heavy atom. The van der Waals surface area contributed by atoms with Crippen LogP contribution in [0.15, 0.2) is 0 Å². The molecule has 0 bridgehead atoms. The van der Waals surface area contributed by atoms with E-state index in [1.807, 2.05) is 0 Å².